The summed E-state index contributed by atoms with van der Waals surface area (Å²) in [5.74, 6) is 0.660. The topological polar surface area (TPSA) is 54.9 Å². The van der Waals surface area contributed by atoms with Crippen LogP contribution in [0.3, 0.4) is 0 Å². The zero-order chi connectivity index (χ0) is 8.27. The summed E-state index contributed by atoms with van der Waals surface area (Å²) in [6.45, 7) is 2.10. The molecular weight excluding hydrogens is 162 g/mol. The molecule has 1 rings (SSSR count). The van der Waals surface area contributed by atoms with Crippen molar-refractivity contribution in [1.82, 2.24) is 14.7 Å². The van der Waals surface area contributed by atoms with Crippen LogP contribution in [0.2, 0.25) is 0 Å². The van der Waals surface area contributed by atoms with Gasteiger partial charge in [0.1, 0.15) is 5.82 Å². The van der Waals surface area contributed by atoms with Crippen LogP contribution < -0.4 is 5.32 Å². The van der Waals surface area contributed by atoms with Crippen molar-refractivity contribution in [1.29, 1.82) is 0 Å². The Bertz CT molecular complexity index is 258. The number of hydrogen-bond donors (Lipinski definition) is 1. The van der Waals surface area contributed by atoms with Gasteiger partial charge in [0.2, 0.25) is 5.78 Å². The quantitative estimate of drug-likeness (QED) is 0.662. The zero-order valence-electron chi connectivity index (χ0n) is 6.42. The van der Waals surface area contributed by atoms with Gasteiger partial charge in [-0.3, -0.25) is 4.79 Å². The highest BCUT2D eigenvalue weighted by molar-refractivity contribution is 7.07. The summed E-state index contributed by atoms with van der Waals surface area (Å²) in [6.07, 6.45) is 0. The van der Waals surface area contributed by atoms with E-state index in [0.29, 0.717) is 17.4 Å². The van der Waals surface area contributed by atoms with Crippen molar-refractivity contribution in [2.24, 2.45) is 0 Å². The fourth-order valence-corrected chi connectivity index (χ4v) is 1.25. The Labute approximate surface area is 68.8 Å². The lowest BCUT2D eigenvalue weighted by Crippen LogP contribution is -2.18. The van der Waals surface area contributed by atoms with Gasteiger partial charge < -0.3 is 5.32 Å². The number of nitrogens with one attached hydrogen (secondary N) is 1. The Balaban J connectivity index is 2.69. The monoisotopic (exact) mass is 171 g/mol. The first kappa shape index (κ1) is 8.29. The number of aromatic nitrogens is 2. The third-order valence-electron chi connectivity index (χ3n) is 1.10. The van der Waals surface area contributed by atoms with E-state index in [0.717, 1.165) is 11.5 Å². The molecule has 1 N–H and O–H groups in total. The van der Waals surface area contributed by atoms with Gasteiger partial charge in [-0.15, -0.1) is 0 Å². The molecule has 11 heavy (non-hydrogen) atoms. The van der Waals surface area contributed by atoms with E-state index in [-0.39, 0.29) is 5.78 Å². The van der Waals surface area contributed by atoms with Gasteiger partial charge in [-0.2, -0.15) is 4.37 Å². The number of ketones is 1. The fraction of sp³-hybridized carbons (Fsp3) is 0.500. The highest BCUT2D eigenvalue weighted by atomic mass is 32.1. The lowest BCUT2D eigenvalue weighted by atomic mass is 10.4. The Morgan fingerprint density at radius 2 is 2.45 bits per heavy atom. The van der Waals surface area contributed by atoms with Crippen LogP contribution in [0.4, 0.5) is 0 Å². The molecule has 0 radical (unpaired) electrons. The smallest absolute Gasteiger partial charge is 0.206 e. The summed E-state index contributed by atoms with van der Waals surface area (Å²) < 4.78 is 3.90. The van der Waals surface area contributed by atoms with Gasteiger partial charge in [-0.05, 0) is 25.5 Å². The molecule has 60 valence electrons. The van der Waals surface area contributed by atoms with Crippen LogP contribution in [0.25, 0.3) is 0 Å². The van der Waals surface area contributed by atoms with Crippen molar-refractivity contribution in [2.45, 2.75) is 6.92 Å². The summed E-state index contributed by atoms with van der Waals surface area (Å²) in [4.78, 5) is 15.1. The molecular formula is C6H9N3OS. The second-order valence-electron chi connectivity index (χ2n) is 2.10. The van der Waals surface area contributed by atoms with E-state index in [1.165, 1.54) is 0 Å². The maximum atomic E-state index is 11.1. The first-order chi connectivity index (χ1) is 5.24. The second-order valence-corrected chi connectivity index (χ2v) is 2.85. The normalized spacial score (nSPS) is 10.0. The number of hydrogen-bond acceptors (Lipinski definition) is 5. The van der Waals surface area contributed by atoms with Gasteiger partial charge in [0.25, 0.3) is 0 Å². The number of carbonyl (C=O) groups excluding carboxylic acids is 1. The van der Waals surface area contributed by atoms with Crippen LogP contribution in [0.5, 0.6) is 0 Å². The van der Waals surface area contributed by atoms with Crippen molar-refractivity contribution >= 4 is 17.3 Å². The maximum absolute atomic E-state index is 11.1. The average molecular weight is 171 g/mol. The van der Waals surface area contributed by atoms with Crippen LogP contribution in [-0.4, -0.2) is 28.7 Å². The molecule has 0 unspecified atom stereocenters. The van der Waals surface area contributed by atoms with Gasteiger partial charge in [0.05, 0.1) is 6.54 Å². The molecule has 0 atom stereocenters. The van der Waals surface area contributed by atoms with Crippen molar-refractivity contribution in [2.75, 3.05) is 13.6 Å². The van der Waals surface area contributed by atoms with Gasteiger partial charge in [0, 0.05) is 0 Å². The molecule has 0 fully saturated rings. The molecule has 0 amide bonds. The minimum absolute atomic E-state index is 0.00176. The molecule has 1 heterocycles. The predicted molar refractivity (Wildman–Crippen MR) is 42.9 cm³/mol. The standard InChI is InChI=1S/C6H9N3OS/c1-4-8-6(11-9-4)5(10)3-7-2/h7H,3H2,1-2H3. The van der Waals surface area contributed by atoms with Crippen molar-refractivity contribution in [3.8, 4) is 0 Å². The summed E-state index contributed by atoms with van der Waals surface area (Å²) in [6, 6.07) is 0. The Morgan fingerprint density at radius 3 is 2.91 bits per heavy atom. The van der Waals surface area contributed by atoms with E-state index in [4.69, 9.17) is 0 Å². The molecule has 0 bridgehead atoms. The van der Waals surface area contributed by atoms with Crippen LogP contribution in [-0.2, 0) is 0 Å². The summed E-state index contributed by atoms with van der Waals surface area (Å²) in [5.41, 5.74) is 0. The van der Waals surface area contributed by atoms with Crippen molar-refractivity contribution < 1.29 is 4.79 Å². The maximum Gasteiger partial charge on any atom is 0.206 e. The van der Waals surface area contributed by atoms with Gasteiger partial charge in [-0.1, -0.05) is 0 Å². The molecule has 0 saturated heterocycles. The van der Waals surface area contributed by atoms with Gasteiger partial charge >= 0.3 is 0 Å². The van der Waals surface area contributed by atoms with E-state index >= 15 is 0 Å². The van der Waals surface area contributed by atoms with Crippen LogP contribution in [0.15, 0.2) is 0 Å². The summed E-state index contributed by atoms with van der Waals surface area (Å²) in [5, 5.41) is 3.25. The Hall–Kier alpha value is -0.810. The molecule has 0 aliphatic heterocycles. The number of aryl methyl sites for hydroxylation is 1. The molecule has 0 saturated carbocycles. The van der Waals surface area contributed by atoms with E-state index in [1.54, 1.807) is 14.0 Å². The van der Waals surface area contributed by atoms with Crippen LogP contribution in [0.1, 0.15) is 15.6 Å². The molecule has 1 aromatic rings. The van der Waals surface area contributed by atoms with Crippen molar-refractivity contribution in [3.05, 3.63) is 10.8 Å². The number of likely N-dealkylation sites (N-methyl/N-ethyl adjacent to an activating group) is 1. The average Bonchev–Trinajstić information content (AvgIpc) is 2.36. The van der Waals surface area contributed by atoms with Crippen LogP contribution >= 0.6 is 11.5 Å². The third-order valence-corrected chi connectivity index (χ3v) is 1.95. The molecule has 4 nitrogen and oxygen atoms in total. The zero-order valence-corrected chi connectivity index (χ0v) is 7.23. The SMILES string of the molecule is CNCC(=O)c1nc(C)ns1. The minimum atomic E-state index is -0.00176. The number of Topliss-reactive ketones (excluding diaryl/α,β-unsaturated/α-hetero) is 1. The lowest BCUT2D eigenvalue weighted by Gasteiger charge is -1.91. The fourth-order valence-electron chi connectivity index (χ4n) is 0.647. The molecule has 1 aromatic heterocycles. The largest absolute Gasteiger partial charge is 0.313 e. The second kappa shape index (κ2) is 3.54. The van der Waals surface area contributed by atoms with E-state index in [2.05, 4.69) is 14.7 Å². The molecule has 0 aliphatic carbocycles. The summed E-state index contributed by atoms with van der Waals surface area (Å²) in [7, 11) is 1.73. The minimum Gasteiger partial charge on any atom is -0.313 e. The van der Waals surface area contributed by atoms with Gasteiger partial charge in [-0.25, -0.2) is 4.98 Å². The highest BCUT2D eigenvalue weighted by Crippen LogP contribution is 2.03. The molecule has 5 heteroatoms. The summed E-state index contributed by atoms with van der Waals surface area (Å²) >= 11 is 1.15. The molecule has 0 aliphatic rings. The number of rotatable bonds is 3. The van der Waals surface area contributed by atoms with E-state index < -0.39 is 0 Å². The Kier molecular flexibility index (Phi) is 2.67. The lowest BCUT2D eigenvalue weighted by molar-refractivity contribution is 0.0993. The highest BCUT2D eigenvalue weighted by Gasteiger charge is 2.08. The third kappa shape index (κ3) is 2.06. The molecule has 0 spiro atoms. The first-order valence-electron chi connectivity index (χ1n) is 3.22. The van der Waals surface area contributed by atoms with Crippen molar-refractivity contribution in [3.63, 3.8) is 0 Å². The van der Waals surface area contributed by atoms with E-state index in [9.17, 15) is 4.79 Å². The number of nitrogens with zero attached hydrogens (tertiary/aromatic N) is 2. The first-order valence-corrected chi connectivity index (χ1v) is 3.99. The molecule has 0 aromatic carbocycles. The van der Waals surface area contributed by atoms with Crippen LogP contribution in [0, 0.1) is 6.92 Å². The van der Waals surface area contributed by atoms with Gasteiger partial charge in [0.15, 0.2) is 5.01 Å². The predicted octanol–water partition coefficient (Wildman–Crippen LogP) is 0.249. The Morgan fingerprint density at radius 1 is 1.73 bits per heavy atom. The van der Waals surface area contributed by atoms with E-state index in [1.807, 2.05) is 0 Å². The number of carbonyl (C=O) groups is 1.